The van der Waals surface area contributed by atoms with Gasteiger partial charge in [0.25, 0.3) is 0 Å². The van der Waals surface area contributed by atoms with Crippen molar-refractivity contribution in [1.82, 2.24) is 15.1 Å². The van der Waals surface area contributed by atoms with Crippen molar-refractivity contribution in [3.63, 3.8) is 0 Å². The molecule has 1 unspecified atom stereocenters. The predicted molar refractivity (Wildman–Crippen MR) is 80.1 cm³/mol. The second kappa shape index (κ2) is 6.08. The fraction of sp³-hybridized carbons (Fsp3) is 0.812. The van der Waals surface area contributed by atoms with Crippen LogP contribution in [0.4, 0.5) is 0 Å². The third-order valence-corrected chi connectivity index (χ3v) is 4.77. The second-order valence-corrected chi connectivity index (χ2v) is 6.57. The molecule has 1 fully saturated rings. The van der Waals surface area contributed by atoms with E-state index in [9.17, 15) is 0 Å². The van der Waals surface area contributed by atoms with Crippen LogP contribution in [-0.2, 0) is 6.54 Å². The lowest BCUT2D eigenvalue weighted by Gasteiger charge is -2.27. The lowest BCUT2D eigenvalue weighted by atomic mass is 9.87. The van der Waals surface area contributed by atoms with E-state index in [-0.39, 0.29) is 0 Å². The molecular formula is C16H29N3. The van der Waals surface area contributed by atoms with Gasteiger partial charge < -0.3 is 5.32 Å². The Balaban J connectivity index is 1.90. The molecule has 0 saturated heterocycles. The van der Waals surface area contributed by atoms with E-state index >= 15 is 0 Å². The van der Waals surface area contributed by atoms with Gasteiger partial charge >= 0.3 is 0 Å². The molecule has 0 aliphatic heterocycles. The minimum Gasteiger partial charge on any atom is -0.308 e. The van der Waals surface area contributed by atoms with Crippen LogP contribution in [0, 0.1) is 5.41 Å². The monoisotopic (exact) mass is 263 g/mol. The van der Waals surface area contributed by atoms with Gasteiger partial charge in [0.1, 0.15) is 0 Å². The van der Waals surface area contributed by atoms with Crippen LogP contribution < -0.4 is 5.32 Å². The molecule has 0 aromatic carbocycles. The van der Waals surface area contributed by atoms with E-state index in [1.807, 2.05) is 0 Å². The standard InChI is InChI=1S/C16H29N3/c1-5-14(6-2)19-11-9-13(18-19)12-17-15-8-7-10-16(15,3)4/h9,11,14-15,17H,5-8,10,12H2,1-4H3. The highest BCUT2D eigenvalue weighted by atomic mass is 15.3. The van der Waals surface area contributed by atoms with Gasteiger partial charge in [-0.1, -0.05) is 34.1 Å². The van der Waals surface area contributed by atoms with Crippen molar-refractivity contribution < 1.29 is 0 Å². The quantitative estimate of drug-likeness (QED) is 0.843. The van der Waals surface area contributed by atoms with Gasteiger partial charge in [-0.3, -0.25) is 4.68 Å². The molecular weight excluding hydrogens is 234 g/mol. The minimum absolute atomic E-state index is 0.442. The summed E-state index contributed by atoms with van der Waals surface area (Å²) in [6.07, 6.45) is 8.44. The highest BCUT2D eigenvalue weighted by Crippen LogP contribution is 2.37. The molecule has 3 nitrogen and oxygen atoms in total. The van der Waals surface area contributed by atoms with Gasteiger partial charge in [0.15, 0.2) is 0 Å². The summed E-state index contributed by atoms with van der Waals surface area (Å²) in [5.74, 6) is 0. The Kier molecular flexibility index (Phi) is 4.67. The van der Waals surface area contributed by atoms with E-state index < -0.39 is 0 Å². The molecule has 1 heterocycles. The van der Waals surface area contributed by atoms with Gasteiger partial charge in [0.2, 0.25) is 0 Å². The molecule has 0 amide bonds. The van der Waals surface area contributed by atoms with E-state index in [1.165, 1.54) is 25.0 Å². The van der Waals surface area contributed by atoms with Crippen LogP contribution in [0.1, 0.15) is 71.5 Å². The van der Waals surface area contributed by atoms with Crippen LogP contribution in [0.3, 0.4) is 0 Å². The summed E-state index contributed by atoms with van der Waals surface area (Å²) in [4.78, 5) is 0. The SMILES string of the molecule is CCC(CC)n1ccc(CNC2CCCC2(C)C)n1. The van der Waals surface area contributed by atoms with Gasteiger partial charge in [0.05, 0.1) is 11.7 Å². The maximum absolute atomic E-state index is 4.72. The normalized spacial score (nSPS) is 22.3. The smallest absolute Gasteiger partial charge is 0.0762 e. The maximum atomic E-state index is 4.72. The molecule has 0 radical (unpaired) electrons. The van der Waals surface area contributed by atoms with Crippen molar-refractivity contribution in [2.75, 3.05) is 0 Å². The number of aromatic nitrogens is 2. The molecule has 0 bridgehead atoms. The van der Waals surface area contributed by atoms with Crippen LogP contribution in [-0.4, -0.2) is 15.8 Å². The summed E-state index contributed by atoms with van der Waals surface area (Å²) in [5.41, 5.74) is 1.62. The Bertz CT molecular complexity index is 390. The molecule has 3 heteroatoms. The second-order valence-electron chi connectivity index (χ2n) is 6.57. The Morgan fingerprint density at radius 2 is 2.16 bits per heavy atom. The third kappa shape index (κ3) is 3.38. The molecule has 1 aromatic heterocycles. The first-order chi connectivity index (χ1) is 9.06. The molecule has 19 heavy (non-hydrogen) atoms. The number of hydrogen-bond acceptors (Lipinski definition) is 2. The van der Waals surface area contributed by atoms with Crippen molar-refractivity contribution in [2.24, 2.45) is 5.41 Å². The van der Waals surface area contributed by atoms with Crippen molar-refractivity contribution in [2.45, 2.75) is 78.4 Å². The number of hydrogen-bond donors (Lipinski definition) is 1. The van der Waals surface area contributed by atoms with Gasteiger partial charge in [-0.15, -0.1) is 0 Å². The third-order valence-electron chi connectivity index (χ3n) is 4.77. The minimum atomic E-state index is 0.442. The molecule has 1 atom stereocenters. The van der Waals surface area contributed by atoms with Crippen molar-refractivity contribution in [3.8, 4) is 0 Å². The molecule has 1 saturated carbocycles. The zero-order valence-corrected chi connectivity index (χ0v) is 12.9. The maximum Gasteiger partial charge on any atom is 0.0762 e. The van der Waals surface area contributed by atoms with Gasteiger partial charge in [-0.25, -0.2) is 0 Å². The average Bonchev–Trinajstić information content (AvgIpc) is 2.95. The van der Waals surface area contributed by atoms with E-state index in [4.69, 9.17) is 5.10 Å². The summed E-state index contributed by atoms with van der Waals surface area (Å²) in [5, 5.41) is 8.42. The van der Waals surface area contributed by atoms with E-state index in [0.717, 1.165) is 19.4 Å². The zero-order valence-electron chi connectivity index (χ0n) is 12.9. The van der Waals surface area contributed by atoms with Gasteiger partial charge in [-0.05, 0) is 37.2 Å². The molecule has 1 aliphatic carbocycles. The largest absolute Gasteiger partial charge is 0.308 e. The van der Waals surface area contributed by atoms with Crippen LogP contribution >= 0.6 is 0 Å². The number of rotatable bonds is 6. The highest BCUT2D eigenvalue weighted by Gasteiger charge is 2.33. The van der Waals surface area contributed by atoms with Crippen LogP contribution in [0.2, 0.25) is 0 Å². The van der Waals surface area contributed by atoms with Crippen LogP contribution in [0.5, 0.6) is 0 Å². The Labute approximate surface area is 117 Å². The molecule has 1 aliphatic rings. The van der Waals surface area contributed by atoms with Crippen molar-refractivity contribution in [1.29, 1.82) is 0 Å². The molecule has 2 rings (SSSR count). The van der Waals surface area contributed by atoms with E-state index in [1.54, 1.807) is 0 Å². The first-order valence-corrected chi connectivity index (χ1v) is 7.84. The first-order valence-electron chi connectivity index (χ1n) is 7.84. The fourth-order valence-electron chi connectivity index (χ4n) is 3.27. The number of nitrogens with zero attached hydrogens (tertiary/aromatic N) is 2. The van der Waals surface area contributed by atoms with Gasteiger partial charge in [-0.2, -0.15) is 5.10 Å². The lowest BCUT2D eigenvalue weighted by Crippen LogP contribution is -2.37. The van der Waals surface area contributed by atoms with E-state index in [0.29, 0.717) is 17.5 Å². The molecule has 1 N–H and O–H groups in total. The molecule has 1 aromatic rings. The Morgan fingerprint density at radius 3 is 2.74 bits per heavy atom. The summed E-state index contributed by atoms with van der Waals surface area (Å²) in [6, 6.07) is 3.36. The summed E-state index contributed by atoms with van der Waals surface area (Å²) >= 11 is 0. The molecule has 108 valence electrons. The lowest BCUT2D eigenvalue weighted by molar-refractivity contribution is 0.281. The van der Waals surface area contributed by atoms with Crippen LogP contribution in [0.15, 0.2) is 12.3 Å². The van der Waals surface area contributed by atoms with Gasteiger partial charge in [0, 0.05) is 18.8 Å². The van der Waals surface area contributed by atoms with Crippen LogP contribution in [0.25, 0.3) is 0 Å². The van der Waals surface area contributed by atoms with E-state index in [2.05, 4.69) is 50.0 Å². The summed E-state index contributed by atoms with van der Waals surface area (Å²) in [6.45, 7) is 10.1. The predicted octanol–water partition coefficient (Wildman–Crippen LogP) is 3.91. The average molecular weight is 263 g/mol. The van der Waals surface area contributed by atoms with Crippen molar-refractivity contribution >= 4 is 0 Å². The van der Waals surface area contributed by atoms with Crippen molar-refractivity contribution in [3.05, 3.63) is 18.0 Å². The zero-order chi connectivity index (χ0) is 13.9. The summed E-state index contributed by atoms with van der Waals surface area (Å²) in [7, 11) is 0. The Hall–Kier alpha value is -0.830. The summed E-state index contributed by atoms with van der Waals surface area (Å²) < 4.78 is 2.14. The number of nitrogens with one attached hydrogen (secondary N) is 1. The fourth-order valence-corrected chi connectivity index (χ4v) is 3.27. The highest BCUT2D eigenvalue weighted by molar-refractivity contribution is 5.01. The molecule has 0 spiro atoms. The first kappa shape index (κ1) is 14.6. The topological polar surface area (TPSA) is 29.9 Å². The Morgan fingerprint density at radius 1 is 1.42 bits per heavy atom.